The fourth-order valence-electron chi connectivity index (χ4n) is 4.80. The molecule has 0 aromatic rings. The third-order valence-electron chi connectivity index (χ3n) is 7.45. The van der Waals surface area contributed by atoms with Gasteiger partial charge in [0.15, 0.2) is 0 Å². The highest BCUT2D eigenvalue weighted by Crippen LogP contribution is 2.18. The van der Waals surface area contributed by atoms with Crippen LogP contribution in [0.2, 0.25) is 0 Å². The van der Waals surface area contributed by atoms with Crippen LogP contribution < -0.4 is 16.0 Å². The minimum Gasteiger partial charge on any atom is -0.481 e. The van der Waals surface area contributed by atoms with E-state index in [0.717, 1.165) is 0 Å². The summed E-state index contributed by atoms with van der Waals surface area (Å²) in [4.78, 5) is 111. The standard InChI is InChI=1S/C32H50N4O14/c1-4-8-27(42)48-18-32(19-49-28(43)9-5-2,20-50-29(44)10-6-3)35-24(38)14-13-23(37)33-17-25(39)36-16-7-11-22(36)30(45)34-21(31(46)47)12-15-26(40)41/h21-22H,4-20H2,1-3H3,(H,33,37)(H,34,45)(H,35,38)(H,40,41)(H,46,47). The van der Waals surface area contributed by atoms with Crippen LogP contribution in [0.3, 0.4) is 0 Å². The first-order valence-electron chi connectivity index (χ1n) is 16.8. The summed E-state index contributed by atoms with van der Waals surface area (Å²) in [6.45, 7) is 3.45. The first kappa shape index (κ1) is 43.3. The van der Waals surface area contributed by atoms with E-state index in [0.29, 0.717) is 25.7 Å². The van der Waals surface area contributed by atoms with Gasteiger partial charge < -0.3 is 45.3 Å². The number of amides is 4. The highest BCUT2D eigenvalue weighted by molar-refractivity contribution is 5.93. The minimum atomic E-state index is -1.65. The molecule has 50 heavy (non-hydrogen) atoms. The molecule has 18 heteroatoms. The Hall–Kier alpha value is -4.77. The Morgan fingerprint density at radius 3 is 1.70 bits per heavy atom. The van der Waals surface area contributed by atoms with Crippen LogP contribution in [0.15, 0.2) is 0 Å². The van der Waals surface area contributed by atoms with Crippen molar-refractivity contribution in [2.75, 3.05) is 32.9 Å². The summed E-state index contributed by atoms with van der Waals surface area (Å²) in [5.41, 5.74) is -1.65. The van der Waals surface area contributed by atoms with E-state index in [1.807, 2.05) is 0 Å². The normalized spacial score (nSPS) is 14.5. The number of hydrogen-bond acceptors (Lipinski definition) is 12. The molecule has 2 atom stereocenters. The molecule has 1 rings (SSSR count). The molecular formula is C32H50N4O14. The predicted octanol–water partition coefficient (Wildman–Crippen LogP) is 0.193. The third kappa shape index (κ3) is 16.6. The van der Waals surface area contributed by atoms with Gasteiger partial charge in [-0.25, -0.2) is 4.79 Å². The van der Waals surface area contributed by atoms with Crippen LogP contribution in [-0.2, 0) is 57.4 Å². The van der Waals surface area contributed by atoms with Crippen molar-refractivity contribution in [2.45, 2.75) is 115 Å². The summed E-state index contributed by atoms with van der Waals surface area (Å²) < 4.78 is 15.9. The number of likely N-dealkylation sites (tertiary alicyclic amines) is 1. The van der Waals surface area contributed by atoms with Gasteiger partial charge >= 0.3 is 29.8 Å². The average Bonchev–Trinajstić information content (AvgIpc) is 3.56. The van der Waals surface area contributed by atoms with Crippen molar-refractivity contribution in [1.82, 2.24) is 20.9 Å². The minimum absolute atomic E-state index is 0.0760. The number of esters is 3. The monoisotopic (exact) mass is 714 g/mol. The lowest BCUT2D eigenvalue weighted by atomic mass is 10.0. The van der Waals surface area contributed by atoms with Crippen molar-refractivity contribution in [3.05, 3.63) is 0 Å². The largest absolute Gasteiger partial charge is 0.481 e. The molecule has 5 N–H and O–H groups in total. The van der Waals surface area contributed by atoms with Crippen LogP contribution in [-0.4, -0.2) is 119 Å². The molecule has 0 aromatic heterocycles. The van der Waals surface area contributed by atoms with Crippen LogP contribution in [0.5, 0.6) is 0 Å². The van der Waals surface area contributed by atoms with Crippen LogP contribution in [0.25, 0.3) is 0 Å². The number of ether oxygens (including phenoxy) is 3. The molecule has 0 saturated carbocycles. The van der Waals surface area contributed by atoms with Gasteiger partial charge in [0, 0.05) is 45.1 Å². The second-order valence-corrected chi connectivity index (χ2v) is 11.9. The van der Waals surface area contributed by atoms with Crippen LogP contribution in [0, 0.1) is 0 Å². The van der Waals surface area contributed by atoms with E-state index in [1.165, 1.54) is 4.90 Å². The fraction of sp³-hybridized carbons (Fsp3) is 0.719. The van der Waals surface area contributed by atoms with Gasteiger partial charge in [-0.05, 0) is 38.5 Å². The molecule has 0 bridgehead atoms. The number of carbonyl (C=O) groups excluding carboxylic acids is 7. The Bertz CT molecular complexity index is 1170. The molecule has 0 radical (unpaired) electrons. The Morgan fingerprint density at radius 2 is 1.24 bits per heavy atom. The van der Waals surface area contributed by atoms with Crippen molar-refractivity contribution < 1.29 is 67.6 Å². The highest BCUT2D eigenvalue weighted by Gasteiger charge is 2.38. The zero-order valence-electron chi connectivity index (χ0n) is 28.9. The molecule has 1 fully saturated rings. The highest BCUT2D eigenvalue weighted by atomic mass is 16.6. The zero-order chi connectivity index (χ0) is 37.7. The van der Waals surface area contributed by atoms with Crippen molar-refractivity contribution >= 4 is 53.5 Å². The second kappa shape index (κ2) is 22.8. The van der Waals surface area contributed by atoms with Crippen molar-refractivity contribution in [3.63, 3.8) is 0 Å². The lowest BCUT2D eigenvalue weighted by Gasteiger charge is -2.33. The fourth-order valence-corrected chi connectivity index (χ4v) is 4.80. The summed E-state index contributed by atoms with van der Waals surface area (Å²) in [5.74, 6) is -7.25. The van der Waals surface area contributed by atoms with Gasteiger partial charge in [-0.15, -0.1) is 0 Å². The number of aliphatic carboxylic acids is 2. The molecule has 2 unspecified atom stereocenters. The molecule has 282 valence electrons. The smallest absolute Gasteiger partial charge is 0.326 e. The van der Waals surface area contributed by atoms with E-state index in [4.69, 9.17) is 19.3 Å². The van der Waals surface area contributed by atoms with Crippen molar-refractivity contribution in [3.8, 4) is 0 Å². The van der Waals surface area contributed by atoms with Gasteiger partial charge in [0.05, 0.1) is 6.54 Å². The average molecular weight is 715 g/mol. The van der Waals surface area contributed by atoms with Crippen LogP contribution in [0.1, 0.15) is 97.8 Å². The zero-order valence-corrected chi connectivity index (χ0v) is 28.9. The number of rotatable bonds is 24. The molecule has 1 aliphatic heterocycles. The maximum atomic E-state index is 13.1. The quantitative estimate of drug-likeness (QED) is 0.0661. The van der Waals surface area contributed by atoms with Crippen molar-refractivity contribution in [2.24, 2.45) is 0 Å². The van der Waals surface area contributed by atoms with E-state index in [9.17, 15) is 48.3 Å². The first-order valence-corrected chi connectivity index (χ1v) is 16.8. The Kier molecular flexibility index (Phi) is 19.7. The summed E-state index contributed by atoms with van der Waals surface area (Å²) in [6.07, 6.45) is 0.693. The number of nitrogens with one attached hydrogen (secondary N) is 3. The maximum Gasteiger partial charge on any atom is 0.326 e. The van der Waals surface area contributed by atoms with Gasteiger partial charge in [0.1, 0.15) is 37.4 Å². The van der Waals surface area contributed by atoms with Gasteiger partial charge in [-0.2, -0.15) is 0 Å². The first-order chi connectivity index (χ1) is 23.7. The van der Waals surface area contributed by atoms with Crippen LogP contribution in [0.4, 0.5) is 0 Å². The lowest BCUT2D eigenvalue weighted by Crippen LogP contribution is -2.59. The number of carbonyl (C=O) groups is 9. The van der Waals surface area contributed by atoms with E-state index in [-0.39, 0.29) is 38.6 Å². The number of hydrogen-bond donors (Lipinski definition) is 5. The molecule has 0 aliphatic carbocycles. The van der Waals surface area contributed by atoms with E-state index in [1.54, 1.807) is 20.8 Å². The summed E-state index contributed by atoms with van der Waals surface area (Å²) in [7, 11) is 0. The molecule has 18 nitrogen and oxygen atoms in total. The van der Waals surface area contributed by atoms with E-state index < -0.39 is 117 Å². The second-order valence-electron chi connectivity index (χ2n) is 11.9. The molecule has 1 aliphatic rings. The SMILES string of the molecule is CCCC(=O)OCC(COC(=O)CCC)(COC(=O)CCC)NC(=O)CCC(=O)NCC(=O)N1CCCC1C(=O)NC(CCC(=O)O)C(=O)O. The summed E-state index contributed by atoms with van der Waals surface area (Å²) in [6, 6.07) is -2.48. The topological polar surface area (TPSA) is 261 Å². The molecular weight excluding hydrogens is 664 g/mol. The molecule has 0 aromatic carbocycles. The van der Waals surface area contributed by atoms with Gasteiger partial charge in [0.2, 0.25) is 23.6 Å². The Labute approximate surface area is 290 Å². The van der Waals surface area contributed by atoms with Gasteiger partial charge in [-0.1, -0.05) is 20.8 Å². The number of carboxylic acid groups (broad SMARTS) is 2. The Morgan fingerprint density at radius 1 is 0.740 bits per heavy atom. The Balaban J connectivity index is 2.87. The third-order valence-corrected chi connectivity index (χ3v) is 7.45. The summed E-state index contributed by atoms with van der Waals surface area (Å²) in [5, 5.41) is 25.4. The van der Waals surface area contributed by atoms with Crippen LogP contribution >= 0.6 is 0 Å². The maximum absolute atomic E-state index is 13.1. The number of nitrogens with zero attached hydrogens (tertiary/aromatic N) is 1. The molecule has 1 heterocycles. The van der Waals surface area contributed by atoms with E-state index in [2.05, 4.69) is 16.0 Å². The number of carboxylic acids is 2. The molecule has 1 saturated heterocycles. The molecule has 4 amide bonds. The summed E-state index contributed by atoms with van der Waals surface area (Å²) >= 11 is 0. The lowest BCUT2D eigenvalue weighted by molar-refractivity contribution is -0.159. The van der Waals surface area contributed by atoms with Gasteiger partial charge in [-0.3, -0.25) is 38.4 Å². The molecule has 0 spiro atoms. The predicted molar refractivity (Wildman–Crippen MR) is 172 cm³/mol. The van der Waals surface area contributed by atoms with E-state index >= 15 is 0 Å². The van der Waals surface area contributed by atoms with Crippen molar-refractivity contribution in [1.29, 1.82) is 0 Å². The van der Waals surface area contributed by atoms with Gasteiger partial charge in [0.25, 0.3) is 0 Å².